The number of carboxylic acid groups (broad SMARTS) is 1. The van der Waals surface area contributed by atoms with Crippen LogP contribution in [0.25, 0.3) is 0 Å². The third-order valence-corrected chi connectivity index (χ3v) is 4.05. The van der Waals surface area contributed by atoms with Gasteiger partial charge in [-0.15, -0.1) is 0 Å². The average molecular weight is 335 g/mol. The van der Waals surface area contributed by atoms with Crippen molar-refractivity contribution in [1.82, 2.24) is 0 Å². The molecule has 1 fully saturated rings. The molecule has 0 spiro atoms. The molecule has 2 N–H and O–H groups in total. The van der Waals surface area contributed by atoms with Crippen LogP contribution in [0.2, 0.25) is 5.02 Å². The summed E-state index contributed by atoms with van der Waals surface area (Å²) in [5.74, 6) is -0.883. The molecule has 1 aromatic carbocycles. The predicted molar refractivity (Wildman–Crippen MR) is 73.2 cm³/mol. The van der Waals surface area contributed by atoms with Crippen molar-refractivity contribution in [3.8, 4) is 0 Å². The first-order chi connectivity index (χ1) is 8.56. The maximum Gasteiger partial charge on any atom is 0.332 e. The Morgan fingerprint density at radius 3 is 2.94 bits per heavy atom. The molecule has 98 valence electrons. The Labute approximate surface area is 118 Å². The number of carboxylic acids is 1. The fraction of sp³-hybridized carbons (Fsp3) is 0.417. The van der Waals surface area contributed by atoms with E-state index in [0.717, 1.165) is 16.6 Å². The molecule has 2 rings (SSSR count). The van der Waals surface area contributed by atoms with Crippen molar-refractivity contribution in [2.75, 3.05) is 11.9 Å². The van der Waals surface area contributed by atoms with E-state index in [4.69, 9.17) is 21.4 Å². The summed E-state index contributed by atoms with van der Waals surface area (Å²) in [7, 11) is 0. The zero-order valence-electron chi connectivity index (χ0n) is 9.53. The van der Waals surface area contributed by atoms with E-state index in [1.807, 2.05) is 12.1 Å². The standard InChI is InChI=1S/C12H13BrClNO3/c13-9-5-7(1-3-10(9)14)15-6-8-2-4-11(18-8)12(16)17/h1,3,5,8,11,15H,2,4,6H2,(H,16,17). The molecule has 0 saturated carbocycles. The lowest BCUT2D eigenvalue weighted by atomic mass is 10.2. The number of halogens is 2. The molecule has 0 aromatic heterocycles. The summed E-state index contributed by atoms with van der Waals surface area (Å²) >= 11 is 9.24. The van der Waals surface area contributed by atoms with Crippen molar-refractivity contribution >= 4 is 39.2 Å². The summed E-state index contributed by atoms with van der Waals surface area (Å²) in [5.41, 5.74) is 0.925. The van der Waals surface area contributed by atoms with Crippen LogP contribution in [-0.4, -0.2) is 29.8 Å². The van der Waals surface area contributed by atoms with Crippen LogP contribution in [-0.2, 0) is 9.53 Å². The van der Waals surface area contributed by atoms with Gasteiger partial charge in [0.05, 0.1) is 11.1 Å². The van der Waals surface area contributed by atoms with E-state index in [1.54, 1.807) is 6.07 Å². The molecule has 2 atom stereocenters. The van der Waals surface area contributed by atoms with Crippen molar-refractivity contribution in [1.29, 1.82) is 0 Å². The van der Waals surface area contributed by atoms with Gasteiger partial charge in [0.1, 0.15) is 0 Å². The van der Waals surface area contributed by atoms with Crippen molar-refractivity contribution in [2.24, 2.45) is 0 Å². The van der Waals surface area contributed by atoms with Crippen LogP contribution in [0.15, 0.2) is 22.7 Å². The van der Waals surface area contributed by atoms with Crippen LogP contribution in [0.4, 0.5) is 5.69 Å². The Morgan fingerprint density at radius 2 is 2.33 bits per heavy atom. The quantitative estimate of drug-likeness (QED) is 0.888. The summed E-state index contributed by atoms with van der Waals surface area (Å²) in [6.07, 6.45) is 0.624. The fourth-order valence-corrected chi connectivity index (χ4v) is 2.37. The smallest absolute Gasteiger partial charge is 0.332 e. The first-order valence-electron chi connectivity index (χ1n) is 5.63. The first kappa shape index (κ1) is 13.6. The average Bonchev–Trinajstić information content (AvgIpc) is 2.79. The van der Waals surface area contributed by atoms with E-state index in [-0.39, 0.29) is 6.10 Å². The van der Waals surface area contributed by atoms with E-state index in [9.17, 15) is 4.79 Å². The van der Waals surface area contributed by atoms with Gasteiger partial charge in [0.2, 0.25) is 0 Å². The second kappa shape index (κ2) is 5.91. The van der Waals surface area contributed by atoms with Gasteiger partial charge in [-0.3, -0.25) is 0 Å². The van der Waals surface area contributed by atoms with Crippen molar-refractivity contribution in [2.45, 2.75) is 25.0 Å². The second-order valence-electron chi connectivity index (χ2n) is 4.17. The summed E-state index contributed by atoms with van der Waals surface area (Å²) in [6.45, 7) is 0.595. The van der Waals surface area contributed by atoms with E-state index in [1.165, 1.54) is 0 Å². The largest absolute Gasteiger partial charge is 0.479 e. The van der Waals surface area contributed by atoms with Crippen LogP contribution in [0.3, 0.4) is 0 Å². The van der Waals surface area contributed by atoms with Gasteiger partial charge in [-0.25, -0.2) is 4.79 Å². The van der Waals surface area contributed by atoms with Gasteiger partial charge in [-0.2, -0.15) is 0 Å². The second-order valence-corrected chi connectivity index (χ2v) is 5.43. The molecule has 1 saturated heterocycles. The van der Waals surface area contributed by atoms with Gasteiger partial charge in [-0.05, 0) is 47.0 Å². The highest BCUT2D eigenvalue weighted by molar-refractivity contribution is 9.10. The molecule has 1 aliphatic rings. The van der Waals surface area contributed by atoms with Gasteiger partial charge in [0.25, 0.3) is 0 Å². The summed E-state index contributed by atoms with van der Waals surface area (Å²) < 4.78 is 6.22. The molecule has 18 heavy (non-hydrogen) atoms. The monoisotopic (exact) mass is 333 g/mol. The molecular weight excluding hydrogens is 321 g/mol. The van der Waals surface area contributed by atoms with Gasteiger partial charge in [-0.1, -0.05) is 11.6 Å². The molecule has 0 amide bonds. The molecule has 0 aliphatic carbocycles. The lowest BCUT2D eigenvalue weighted by molar-refractivity contribution is -0.149. The Balaban J connectivity index is 1.85. The van der Waals surface area contributed by atoms with Crippen LogP contribution in [0.5, 0.6) is 0 Å². The maximum absolute atomic E-state index is 10.7. The van der Waals surface area contributed by atoms with E-state index in [0.29, 0.717) is 18.0 Å². The topological polar surface area (TPSA) is 58.6 Å². The van der Waals surface area contributed by atoms with E-state index < -0.39 is 12.1 Å². The van der Waals surface area contributed by atoms with Crippen LogP contribution in [0, 0.1) is 0 Å². The highest BCUT2D eigenvalue weighted by atomic mass is 79.9. The van der Waals surface area contributed by atoms with Gasteiger partial charge < -0.3 is 15.2 Å². The predicted octanol–water partition coefficient (Wildman–Crippen LogP) is 3.15. The molecular formula is C12H13BrClNO3. The zero-order valence-corrected chi connectivity index (χ0v) is 11.9. The number of hydrogen-bond acceptors (Lipinski definition) is 3. The van der Waals surface area contributed by atoms with Gasteiger partial charge in [0.15, 0.2) is 6.10 Å². The van der Waals surface area contributed by atoms with Crippen LogP contribution in [0.1, 0.15) is 12.8 Å². The summed E-state index contributed by atoms with van der Waals surface area (Å²) in [4.78, 5) is 10.7. The van der Waals surface area contributed by atoms with Crippen molar-refractivity contribution in [3.05, 3.63) is 27.7 Å². The summed E-state index contributed by atoms with van der Waals surface area (Å²) in [5, 5.41) is 12.7. The molecule has 1 heterocycles. The van der Waals surface area contributed by atoms with Gasteiger partial charge >= 0.3 is 5.97 Å². The number of nitrogens with one attached hydrogen (secondary N) is 1. The first-order valence-corrected chi connectivity index (χ1v) is 6.80. The number of anilines is 1. The van der Waals surface area contributed by atoms with Crippen LogP contribution < -0.4 is 5.32 Å². The molecule has 2 unspecified atom stereocenters. The lowest BCUT2D eigenvalue weighted by Gasteiger charge is -2.13. The molecule has 6 heteroatoms. The van der Waals surface area contributed by atoms with Crippen LogP contribution >= 0.6 is 27.5 Å². The highest BCUT2D eigenvalue weighted by Crippen LogP contribution is 2.26. The van der Waals surface area contributed by atoms with E-state index >= 15 is 0 Å². The zero-order chi connectivity index (χ0) is 13.1. The Kier molecular flexibility index (Phi) is 4.48. The summed E-state index contributed by atoms with van der Waals surface area (Å²) in [6, 6.07) is 5.55. The molecule has 0 bridgehead atoms. The van der Waals surface area contributed by atoms with E-state index in [2.05, 4.69) is 21.2 Å². The molecule has 0 radical (unpaired) electrons. The third kappa shape index (κ3) is 3.37. The number of aliphatic carboxylic acids is 1. The Bertz CT molecular complexity index is 455. The number of carbonyl (C=O) groups is 1. The molecule has 4 nitrogen and oxygen atoms in total. The van der Waals surface area contributed by atoms with Gasteiger partial charge in [0, 0.05) is 16.7 Å². The minimum atomic E-state index is -0.883. The van der Waals surface area contributed by atoms with Crippen molar-refractivity contribution in [3.63, 3.8) is 0 Å². The number of rotatable bonds is 4. The molecule has 1 aromatic rings. The Hall–Kier alpha value is -0.780. The fourth-order valence-electron chi connectivity index (χ4n) is 1.88. The number of hydrogen-bond donors (Lipinski definition) is 2. The normalized spacial score (nSPS) is 23.0. The SMILES string of the molecule is O=C(O)C1CCC(CNc2ccc(Cl)c(Br)c2)O1. The minimum absolute atomic E-state index is 0.0550. The maximum atomic E-state index is 10.7. The molecule has 1 aliphatic heterocycles. The highest BCUT2D eigenvalue weighted by Gasteiger charge is 2.30. The number of benzene rings is 1. The Morgan fingerprint density at radius 1 is 1.56 bits per heavy atom. The third-order valence-electron chi connectivity index (χ3n) is 2.84. The lowest BCUT2D eigenvalue weighted by Crippen LogP contribution is -2.24. The minimum Gasteiger partial charge on any atom is -0.479 e. The van der Waals surface area contributed by atoms with Crippen molar-refractivity contribution < 1.29 is 14.6 Å². The number of ether oxygens (including phenoxy) is 1.